The quantitative estimate of drug-likeness (QED) is 0.864. The molecule has 0 aliphatic carbocycles. The third kappa shape index (κ3) is 2.60. The zero-order valence-corrected chi connectivity index (χ0v) is 10.9. The summed E-state index contributed by atoms with van der Waals surface area (Å²) >= 11 is 0. The average molecular weight is 249 g/mol. The van der Waals surface area contributed by atoms with Crippen molar-refractivity contribution in [2.24, 2.45) is 0 Å². The number of amides is 1. The molecule has 1 aromatic heterocycles. The van der Waals surface area contributed by atoms with Gasteiger partial charge >= 0.3 is 0 Å². The molecule has 18 heavy (non-hydrogen) atoms. The molecule has 1 aliphatic heterocycles. The Bertz CT molecular complexity index is 495. The van der Waals surface area contributed by atoms with Crippen LogP contribution in [0.1, 0.15) is 50.2 Å². The predicted molar refractivity (Wildman–Crippen MR) is 68.2 cm³/mol. The first-order valence-corrected chi connectivity index (χ1v) is 6.49. The first-order valence-electron chi connectivity index (χ1n) is 6.49. The Morgan fingerprint density at radius 1 is 1.56 bits per heavy atom. The van der Waals surface area contributed by atoms with Crippen LogP contribution in [0.4, 0.5) is 0 Å². The van der Waals surface area contributed by atoms with Crippen molar-refractivity contribution < 1.29 is 4.79 Å². The number of likely N-dealkylation sites (tertiary alicyclic amines) is 1. The molecule has 2 rings (SSSR count). The highest BCUT2D eigenvalue weighted by atomic mass is 16.2. The Hall–Kier alpha value is -1.65. The molecule has 1 aromatic rings. The van der Waals surface area contributed by atoms with Crippen LogP contribution in [0.2, 0.25) is 0 Å². The van der Waals surface area contributed by atoms with Crippen LogP contribution < -0.4 is 5.56 Å². The molecule has 1 saturated heterocycles. The lowest BCUT2D eigenvalue weighted by Gasteiger charge is -2.35. The molecule has 0 unspecified atom stereocenters. The van der Waals surface area contributed by atoms with Crippen molar-refractivity contribution in [3.8, 4) is 0 Å². The number of carbonyl (C=O) groups excluding carboxylic acids is 1. The smallest absolute Gasteiger partial charge is 0.251 e. The van der Waals surface area contributed by atoms with Crippen molar-refractivity contribution in [3.05, 3.63) is 27.9 Å². The lowest BCUT2D eigenvalue weighted by molar-refractivity contribution is -0.134. The standard InChI is InChI=1S/C13H19N3O2/c1-3-13(18)16-7-5-4-6-11(16)10-8-12(17)15-9(2)14-10/h8,11H,3-7H2,1-2H3,(H,14,15,17)/t11-/m0/s1. The maximum absolute atomic E-state index is 11.9. The Labute approximate surface area is 106 Å². The fourth-order valence-electron chi connectivity index (χ4n) is 2.51. The molecular weight excluding hydrogens is 230 g/mol. The van der Waals surface area contributed by atoms with Gasteiger partial charge in [0, 0.05) is 19.0 Å². The van der Waals surface area contributed by atoms with E-state index in [1.54, 1.807) is 6.92 Å². The van der Waals surface area contributed by atoms with E-state index >= 15 is 0 Å². The predicted octanol–water partition coefficient (Wildman–Crippen LogP) is 1.54. The summed E-state index contributed by atoms with van der Waals surface area (Å²) in [5, 5.41) is 0. The lowest BCUT2D eigenvalue weighted by atomic mass is 9.98. The number of aryl methyl sites for hydroxylation is 1. The van der Waals surface area contributed by atoms with Gasteiger partial charge in [-0.1, -0.05) is 6.92 Å². The van der Waals surface area contributed by atoms with Crippen LogP contribution in [0.3, 0.4) is 0 Å². The minimum atomic E-state index is -0.146. The summed E-state index contributed by atoms with van der Waals surface area (Å²) in [5.41, 5.74) is 0.574. The number of piperidine rings is 1. The number of H-pyrrole nitrogens is 1. The number of aromatic amines is 1. The van der Waals surface area contributed by atoms with E-state index in [4.69, 9.17) is 0 Å². The highest BCUT2D eigenvalue weighted by Gasteiger charge is 2.28. The van der Waals surface area contributed by atoms with Gasteiger partial charge in [-0.3, -0.25) is 9.59 Å². The van der Waals surface area contributed by atoms with Crippen LogP contribution >= 0.6 is 0 Å². The van der Waals surface area contributed by atoms with Gasteiger partial charge in [0.2, 0.25) is 5.91 Å². The number of carbonyl (C=O) groups is 1. The van der Waals surface area contributed by atoms with Crippen molar-refractivity contribution in [2.45, 2.75) is 45.6 Å². The molecule has 5 heteroatoms. The van der Waals surface area contributed by atoms with Gasteiger partial charge in [0.1, 0.15) is 5.82 Å². The van der Waals surface area contributed by atoms with E-state index in [1.165, 1.54) is 6.07 Å². The van der Waals surface area contributed by atoms with Crippen LogP contribution in [-0.2, 0) is 4.79 Å². The number of rotatable bonds is 2. The van der Waals surface area contributed by atoms with Gasteiger partial charge < -0.3 is 9.88 Å². The minimum Gasteiger partial charge on any atom is -0.334 e. The fraction of sp³-hybridized carbons (Fsp3) is 0.615. The van der Waals surface area contributed by atoms with Gasteiger partial charge in [-0.15, -0.1) is 0 Å². The Morgan fingerprint density at radius 2 is 2.33 bits per heavy atom. The lowest BCUT2D eigenvalue weighted by Crippen LogP contribution is -2.39. The van der Waals surface area contributed by atoms with Crippen LogP contribution in [0, 0.1) is 6.92 Å². The van der Waals surface area contributed by atoms with E-state index < -0.39 is 0 Å². The molecular formula is C13H19N3O2. The summed E-state index contributed by atoms with van der Waals surface area (Å²) in [6, 6.07) is 1.48. The van der Waals surface area contributed by atoms with Crippen molar-refractivity contribution in [3.63, 3.8) is 0 Å². The van der Waals surface area contributed by atoms with E-state index in [0.29, 0.717) is 12.2 Å². The second-order valence-corrected chi connectivity index (χ2v) is 4.71. The maximum atomic E-state index is 11.9. The minimum absolute atomic E-state index is 0.0350. The zero-order valence-electron chi connectivity index (χ0n) is 10.9. The summed E-state index contributed by atoms with van der Waals surface area (Å²) in [6.07, 6.45) is 3.50. The van der Waals surface area contributed by atoms with Crippen molar-refractivity contribution >= 4 is 5.91 Å². The molecule has 5 nitrogen and oxygen atoms in total. The Morgan fingerprint density at radius 3 is 3.00 bits per heavy atom. The summed E-state index contributed by atoms with van der Waals surface area (Å²) < 4.78 is 0. The zero-order chi connectivity index (χ0) is 13.1. The highest BCUT2D eigenvalue weighted by molar-refractivity contribution is 5.76. The third-order valence-electron chi connectivity index (χ3n) is 3.35. The van der Waals surface area contributed by atoms with E-state index in [0.717, 1.165) is 31.5 Å². The first kappa shape index (κ1) is 12.8. The number of nitrogens with zero attached hydrogens (tertiary/aromatic N) is 2. The Kier molecular flexibility index (Phi) is 3.79. The topological polar surface area (TPSA) is 66.1 Å². The number of hydrogen-bond donors (Lipinski definition) is 1. The molecule has 98 valence electrons. The van der Waals surface area contributed by atoms with Gasteiger partial charge in [-0.05, 0) is 26.2 Å². The number of nitrogens with one attached hydrogen (secondary N) is 1. The van der Waals surface area contributed by atoms with E-state index in [2.05, 4.69) is 9.97 Å². The molecule has 0 bridgehead atoms. The Balaban J connectivity index is 2.33. The van der Waals surface area contributed by atoms with Gasteiger partial charge in [-0.2, -0.15) is 0 Å². The van der Waals surface area contributed by atoms with Gasteiger partial charge in [0.15, 0.2) is 0 Å². The summed E-state index contributed by atoms with van der Waals surface area (Å²) in [4.78, 5) is 32.3. The third-order valence-corrected chi connectivity index (χ3v) is 3.35. The van der Waals surface area contributed by atoms with Crippen molar-refractivity contribution in [1.82, 2.24) is 14.9 Å². The summed E-state index contributed by atoms with van der Waals surface area (Å²) in [6.45, 7) is 4.40. The van der Waals surface area contributed by atoms with Crippen molar-refractivity contribution in [2.75, 3.05) is 6.54 Å². The van der Waals surface area contributed by atoms with Crippen LogP contribution in [-0.4, -0.2) is 27.3 Å². The average Bonchev–Trinajstić information content (AvgIpc) is 2.36. The summed E-state index contributed by atoms with van der Waals surface area (Å²) in [7, 11) is 0. The fourth-order valence-corrected chi connectivity index (χ4v) is 2.51. The molecule has 0 aromatic carbocycles. The monoisotopic (exact) mass is 249 g/mol. The van der Waals surface area contributed by atoms with Crippen LogP contribution in [0.5, 0.6) is 0 Å². The normalized spacial score (nSPS) is 19.9. The SMILES string of the molecule is CCC(=O)N1CCCC[C@H]1c1cc(=O)[nH]c(C)n1. The molecule has 0 radical (unpaired) electrons. The first-order chi connectivity index (χ1) is 8.61. The molecule has 1 aliphatic rings. The molecule has 1 atom stereocenters. The largest absolute Gasteiger partial charge is 0.334 e. The summed E-state index contributed by atoms with van der Waals surface area (Å²) in [5.74, 6) is 0.742. The molecule has 1 N–H and O–H groups in total. The van der Waals surface area contributed by atoms with E-state index in [-0.39, 0.29) is 17.5 Å². The number of hydrogen-bond acceptors (Lipinski definition) is 3. The second-order valence-electron chi connectivity index (χ2n) is 4.71. The van der Waals surface area contributed by atoms with Gasteiger partial charge in [0.25, 0.3) is 5.56 Å². The molecule has 0 saturated carbocycles. The van der Waals surface area contributed by atoms with Crippen LogP contribution in [0.25, 0.3) is 0 Å². The van der Waals surface area contributed by atoms with Crippen molar-refractivity contribution in [1.29, 1.82) is 0 Å². The van der Waals surface area contributed by atoms with Crippen LogP contribution in [0.15, 0.2) is 10.9 Å². The maximum Gasteiger partial charge on any atom is 0.251 e. The van der Waals surface area contributed by atoms with Gasteiger partial charge in [-0.25, -0.2) is 4.98 Å². The highest BCUT2D eigenvalue weighted by Crippen LogP contribution is 2.29. The van der Waals surface area contributed by atoms with E-state index in [9.17, 15) is 9.59 Å². The van der Waals surface area contributed by atoms with Gasteiger partial charge in [0.05, 0.1) is 11.7 Å². The molecule has 2 heterocycles. The van der Waals surface area contributed by atoms with E-state index in [1.807, 2.05) is 11.8 Å². The second kappa shape index (κ2) is 5.33. The molecule has 1 amide bonds. The molecule has 1 fully saturated rings. The molecule has 0 spiro atoms. The number of aromatic nitrogens is 2.